The van der Waals surface area contributed by atoms with Gasteiger partial charge in [-0.05, 0) is 36.8 Å². The van der Waals surface area contributed by atoms with Crippen molar-refractivity contribution in [1.29, 1.82) is 0 Å². The van der Waals surface area contributed by atoms with Gasteiger partial charge in [-0.15, -0.1) is 11.8 Å². The van der Waals surface area contributed by atoms with Gasteiger partial charge in [-0.3, -0.25) is 4.79 Å². The summed E-state index contributed by atoms with van der Waals surface area (Å²) < 4.78 is 1.01. The molecule has 21 heavy (non-hydrogen) atoms. The van der Waals surface area contributed by atoms with E-state index in [1.165, 1.54) is 11.8 Å². The van der Waals surface area contributed by atoms with Crippen LogP contribution < -0.4 is 5.43 Å². The first-order valence-electron chi connectivity index (χ1n) is 6.45. The molecule has 0 fully saturated rings. The Hall–Kier alpha value is -1.59. The van der Waals surface area contributed by atoms with Crippen LogP contribution in [-0.2, 0) is 4.79 Å². The molecule has 0 heterocycles. The Bertz CT molecular complexity index is 614. The van der Waals surface area contributed by atoms with Gasteiger partial charge in [0.15, 0.2) is 0 Å². The van der Waals surface area contributed by atoms with E-state index >= 15 is 0 Å². The second kappa shape index (κ2) is 8.00. The summed E-state index contributed by atoms with van der Waals surface area (Å²) >= 11 is 4.88. The topological polar surface area (TPSA) is 41.5 Å². The van der Waals surface area contributed by atoms with E-state index in [1.807, 2.05) is 61.5 Å². The van der Waals surface area contributed by atoms with Crippen molar-refractivity contribution in [3.05, 3.63) is 64.6 Å². The quantitative estimate of drug-likeness (QED) is 0.494. The van der Waals surface area contributed by atoms with Gasteiger partial charge in [0, 0.05) is 9.37 Å². The molecule has 2 rings (SSSR count). The predicted octanol–water partition coefficient (Wildman–Crippen LogP) is 4.08. The fourth-order valence-electron chi connectivity index (χ4n) is 1.57. The first-order chi connectivity index (χ1) is 10.1. The summed E-state index contributed by atoms with van der Waals surface area (Å²) in [7, 11) is 0. The van der Waals surface area contributed by atoms with E-state index in [0.29, 0.717) is 0 Å². The number of hydrazone groups is 1. The molecule has 0 saturated heterocycles. The van der Waals surface area contributed by atoms with Crippen molar-refractivity contribution in [1.82, 2.24) is 5.43 Å². The number of rotatable bonds is 5. The van der Waals surface area contributed by atoms with Crippen molar-refractivity contribution in [3.63, 3.8) is 0 Å². The summed E-state index contributed by atoms with van der Waals surface area (Å²) in [5.74, 6) is -0.114. The molecule has 1 atom stereocenters. The van der Waals surface area contributed by atoms with Crippen LogP contribution in [0.5, 0.6) is 0 Å². The molecule has 0 aliphatic carbocycles. The van der Waals surface area contributed by atoms with E-state index in [4.69, 9.17) is 0 Å². The molecule has 1 unspecified atom stereocenters. The van der Waals surface area contributed by atoms with E-state index < -0.39 is 0 Å². The molecule has 0 bridgehead atoms. The fourth-order valence-corrected chi connectivity index (χ4v) is 2.71. The number of hydrogen-bond acceptors (Lipinski definition) is 3. The second-order valence-corrected chi connectivity index (χ2v) is 6.69. The highest BCUT2D eigenvalue weighted by Crippen LogP contribution is 2.22. The Morgan fingerprint density at radius 3 is 2.52 bits per heavy atom. The molecule has 0 aliphatic rings. The van der Waals surface area contributed by atoms with E-state index in [9.17, 15) is 4.79 Å². The summed E-state index contributed by atoms with van der Waals surface area (Å²) in [6, 6.07) is 17.5. The summed E-state index contributed by atoms with van der Waals surface area (Å²) in [5, 5.41) is 3.78. The number of hydrogen-bond donors (Lipinski definition) is 1. The fraction of sp³-hybridized carbons (Fsp3) is 0.125. The van der Waals surface area contributed by atoms with Gasteiger partial charge < -0.3 is 0 Å². The van der Waals surface area contributed by atoms with E-state index in [1.54, 1.807) is 6.21 Å². The van der Waals surface area contributed by atoms with Crippen molar-refractivity contribution in [2.24, 2.45) is 5.10 Å². The summed E-state index contributed by atoms with van der Waals surface area (Å²) in [6.45, 7) is 1.86. The van der Waals surface area contributed by atoms with Crippen LogP contribution in [0.1, 0.15) is 12.5 Å². The van der Waals surface area contributed by atoms with Crippen molar-refractivity contribution in [2.45, 2.75) is 17.1 Å². The molecule has 5 heteroatoms. The van der Waals surface area contributed by atoms with Gasteiger partial charge >= 0.3 is 0 Å². The van der Waals surface area contributed by atoms with Crippen molar-refractivity contribution in [2.75, 3.05) is 0 Å². The molecular formula is C16H15BrN2OS. The van der Waals surface area contributed by atoms with Gasteiger partial charge in [0.05, 0.1) is 11.5 Å². The number of thioether (sulfide) groups is 1. The van der Waals surface area contributed by atoms with Gasteiger partial charge in [0.25, 0.3) is 5.91 Å². The van der Waals surface area contributed by atoms with Crippen molar-refractivity contribution in [3.8, 4) is 0 Å². The first kappa shape index (κ1) is 15.8. The number of nitrogens with zero attached hydrogens (tertiary/aromatic N) is 1. The molecule has 0 saturated carbocycles. The highest BCUT2D eigenvalue weighted by atomic mass is 79.9. The molecule has 0 radical (unpaired) electrons. The lowest BCUT2D eigenvalue weighted by Gasteiger charge is -2.08. The molecule has 0 aromatic heterocycles. The van der Waals surface area contributed by atoms with Crippen LogP contribution in [-0.4, -0.2) is 17.4 Å². The second-order valence-electron chi connectivity index (χ2n) is 4.36. The minimum absolute atomic E-state index is 0.114. The van der Waals surface area contributed by atoms with E-state index in [0.717, 1.165) is 14.9 Å². The zero-order chi connectivity index (χ0) is 15.1. The van der Waals surface area contributed by atoms with Crippen molar-refractivity contribution >= 4 is 39.8 Å². The Morgan fingerprint density at radius 2 is 1.86 bits per heavy atom. The van der Waals surface area contributed by atoms with Crippen LogP contribution in [0, 0.1) is 0 Å². The van der Waals surface area contributed by atoms with Crippen LogP contribution in [0.2, 0.25) is 0 Å². The maximum absolute atomic E-state index is 11.9. The van der Waals surface area contributed by atoms with E-state index in [2.05, 4.69) is 26.5 Å². The van der Waals surface area contributed by atoms with Gasteiger partial charge in [-0.2, -0.15) is 5.10 Å². The molecule has 0 aliphatic heterocycles. The number of halogens is 1. The standard InChI is InChI=1S/C16H15BrN2OS/c1-12(21-15-5-3-2-4-6-15)16(20)19-18-11-13-7-9-14(17)10-8-13/h2-12H,1H3,(H,19,20). The minimum atomic E-state index is -0.200. The van der Waals surface area contributed by atoms with Crippen LogP contribution in [0.25, 0.3) is 0 Å². The molecule has 1 amide bonds. The Labute approximate surface area is 137 Å². The first-order valence-corrected chi connectivity index (χ1v) is 8.12. The molecule has 3 nitrogen and oxygen atoms in total. The van der Waals surface area contributed by atoms with E-state index in [-0.39, 0.29) is 11.2 Å². The van der Waals surface area contributed by atoms with Crippen LogP contribution in [0.3, 0.4) is 0 Å². The lowest BCUT2D eigenvalue weighted by molar-refractivity contribution is -0.120. The van der Waals surface area contributed by atoms with Crippen LogP contribution in [0.4, 0.5) is 0 Å². The third kappa shape index (κ3) is 5.36. The smallest absolute Gasteiger partial charge is 0.253 e. The monoisotopic (exact) mass is 362 g/mol. The lowest BCUT2D eigenvalue weighted by atomic mass is 10.2. The van der Waals surface area contributed by atoms with Crippen LogP contribution in [0.15, 0.2) is 69.1 Å². The normalized spacial score (nSPS) is 12.3. The SMILES string of the molecule is CC(Sc1ccccc1)C(=O)NN=Cc1ccc(Br)cc1. The third-order valence-electron chi connectivity index (χ3n) is 2.68. The maximum Gasteiger partial charge on any atom is 0.253 e. The molecule has 2 aromatic carbocycles. The zero-order valence-corrected chi connectivity index (χ0v) is 13.9. The zero-order valence-electron chi connectivity index (χ0n) is 11.5. The molecule has 108 valence electrons. The number of carbonyl (C=O) groups is 1. The van der Waals surface area contributed by atoms with Crippen molar-refractivity contribution < 1.29 is 4.79 Å². The number of carbonyl (C=O) groups excluding carboxylic acids is 1. The summed E-state index contributed by atoms with van der Waals surface area (Å²) in [6.07, 6.45) is 1.63. The van der Waals surface area contributed by atoms with Gasteiger partial charge in [-0.25, -0.2) is 5.43 Å². The third-order valence-corrected chi connectivity index (χ3v) is 4.32. The molecule has 0 spiro atoms. The summed E-state index contributed by atoms with van der Waals surface area (Å²) in [5.41, 5.74) is 3.50. The minimum Gasteiger partial charge on any atom is -0.272 e. The molecular weight excluding hydrogens is 348 g/mol. The van der Waals surface area contributed by atoms with Crippen LogP contribution >= 0.6 is 27.7 Å². The molecule has 1 N–H and O–H groups in total. The average molecular weight is 363 g/mol. The highest BCUT2D eigenvalue weighted by molar-refractivity contribution is 9.10. The number of benzene rings is 2. The van der Waals surface area contributed by atoms with Gasteiger partial charge in [0.2, 0.25) is 0 Å². The Morgan fingerprint density at radius 1 is 1.19 bits per heavy atom. The van der Waals surface area contributed by atoms with Gasteiger partial charge in [-0.1, -0.05) is 46.3 Å². The maximum atomic E-state index is 11.9. The summed E-state index contributed by atoms with van der Waals surface area (Å²) in [4.78, 5) is 13.0. The molecule has 2 aromatic rings. The lowest BCUT2D eigenvalue weighted by Crippen LogP contribution is -2.26. The predicted molar refractivity (Wildman–Crippen MR) is 91.6 cm³/mol. The number of nitrogens with one attached hydrogen (secondary N) is 1. The Kier molecular flexibility index (Phi) is 6.02. The highest BCUT2D eigenvalue weighted by Gasteiger charge is 2.13. The average Bonchev–Trinajstić information content (AvgIpc) is 2.50. The Balaban J connectivity index is 1.85. The van der Waals surface area contributed by atoms with Gasteiger partial charge in [0.1, 0.15) is 0 Å². The number of amides is 1. The largest absolute Gasteiger partial charge is 0.272 e.